The van der Waals surface area contributed by atoms with E-state index in [0.29, 0.717) is 12.1 Å². The van der Waals surface area contributed by atoms with Crippen LogP contribution in [-0.2, 0) is 11.2 Å². The first kappa shape index (κ1) is 10.5. The van der Waals surface area contributed by atoms with Crippen LogP contribution in [0.15, 0.2) is 24.3 Å². The fourth-order valence-electron chi connectivity index (χ4n) is 1.97. The van der Waals surface area contributed by atoms with Gasteiger partial charge in [0, 0.05) is 11.3 Å². The molecule has 3 N–H and O–H groups in total. The largest absolute Gasteiger partial charge is 0.477 e. The van der Waals surface area contributed by atoms with E-state index in [4.69, 9.17) is 5.11 Å². The van der Waals surface area contributed by atoms with Crippen LogP contribution < -0.4 is 5.32 Å². The zero-order chi connectivity index (χ0) is 12.7. The smallest absolute Gasteiger partial charge is 0.353 e. The van der Waals surface area contributed by atoms with Gasteiger partial charge in [-0.1, -0.05) is 6.07 Å². The molecule has 1 aliphatic rings. The van der Waals surface area contributed by atoms with E-state index in [1.165, 1.54) is 6.07 Å². The number of benzene rings is 1. The molecule has 2 aromatic rings. The number of carboxylic acids is 1. The minimum absolute atomic E-state index is 0.0320. The summed E-state index contributed by atoms with van der Waals surface area (Å²) in [4.78, 5) is 22.0. The molecule has 0 radical (unpaired) electrons. The van der Waals surface area contributed by atoms with Crippen LogP contribution in [-0.4, -0.2) is 27.2 Å². The molecule has 1 aromatic heterocycles. The van der Waals surface area contributed by atoms with E-state index < -0.39 is 5.97 Å². The van der Waals surface area contributed by atoms with Crippen LogP contribution >= 0.6 is 0 Å². The number of amides is 1. The van der Waals surface area contributed by atoms with Gasteiger partial charge < -0.3 is 10.4 Å². The summed E-state index contributed by atoms with van der Waals surface area (Å²) in [6, 6.07) is 6.90. The Morgan fingerprint density at radius 2 is 2.17 bits per heavy atom. The lowest BCUT2D eigenvalue weighted by Gasteiger charge is -2.00. The fraction of sp³-hybridized carbons (Fsp3) is 0.0833. The van der Waals surface area contributed by atoms with Crippen LogP contribution in [0.25, 0.3) is 11.3 Å². The van der Waals surface area contributed by atoms with Gasteiger partial charge >= 0.3 is 5.97 Å². The third-order valence-electron chi connectivity index (χ3n) is 2.83. The number of aromatic nitrogens is 2. The van der Waals surface area contributed by atoms with Crippen LogP contribution in [0.1, 0.15) is 16.1 Å². The van der Waals surface area contributed by atoms with Gasteiger partial charge in [0.25, 0.3) is 0 Å². The number of hydrogen-bond donors (Lipinski definition) is 3. The minimum Gasteiger partial charge on any atom is -0.477 e. The Morgan fingerprint density at radius 1 is 1.33 bits per heavy atom. The van der Waals surface area contributed by atoms with Crippen molar-refractivity contribution in [3.8, 4) is 11.3 Å². The molecule has 0 saturated carbocycles. The van der Waals surface area contributed by atoms with E-state index in [1.54, 1.807) is 12.1 Å². The second kappa shape index (κ2) is 3.69. The van der Waals surface area contributed by atoms with Crippen molar-refractivity contribution in [2.75, 3.05) is 5.32 Å². The van der Waals surface area contributed by atoms with Crippen molar-refractivity contribution in [3.05, 3.63) is 35.5 Å². The normalized spacial score (nSPS) is 13.2. The molecule has 0 bridgehead atoms. The summed E-state index contributed by atoms with van der Waals surface area (Å²) in [7, 11) is 0. The van der Waals surface area contributed by atoms with E-state index in [1.807, 2.05) is 6.07 Å². The van der Waals surface area contributed by atoms with Gasteiger partial charge in [-0.25, -0.2) is 4.79 Å². The Balaban J connectivity index is 2.00. The first-order valence-corrected chi connectivity index (χ1v) is 5.35. The summed E-state index contributed by atoms with van der Waals surface area (Å²) in [5, 5.41) is 17.9. The number of aromatic carboxylic acids is 1. The Morgan fingerprint density at radius 3 is 2.89 bits per heavy atom. The average molecular weight is 243 g/mol. The number of aromatic amines is 1. The van der Waals surface area contributed by atoms with Crippen LogP contribution in [0.3, 0.4) is 0 Å². The molecule has 0 unspecified atom stereocenters. The van der Waals surface area contributed by atoms with Gasteiger partial charge in [0.1, 0.15) is 5.69 Å². The van der Waals surface area contributed by atoms with Crippen molar-refractivity contribution in [1.29, 1.82) is 0 Å². The Hall–Kier alpha value is -2.63. The number of anilines is 1. The first-order chi connectivity index (χ1) is 8.63. The number of H-pyrrole nitrogens is 1. The highest BCUT2D eigenvalue weighted by Crippen LogP contribution is 2.28. The van der Waals surface area contributed by atoms with Crippen molar-refractivity contribution < 1.29 is 14.7 Å². The average Bonchev–Trinajstić information content (AvgIpc) is 2.91. The van der Waals surface area contributed by atoms with Crippen LogP contribution in [0.5, 0.6) is 0 Å². The van der Waals surface area contributed by atoms with Crippen molar-refractivity contribution in [3.63, 3.8) is 0 Å². The SMILES string of the molecule is O=C1Cc2cc(-c3cc(C(=O)O)[nH]n3)ccc2N1. The van der Waals surface area contributed by atoms with Gasteiger partial charge in [0.15, 0.2) is 0 Å². The van der Waals surface area contributed by atoms with E-state index in [2.05, 4.69) is 15.5 Å². The molecule has 0 fully saturated rings. The van der Waals surface area contributed by atoms with Crippen molar-refractivity contribution >= 4 is 17.6 Å². The summed E-state index contributed by atoms with van der Waals surface area (Å²) in [6.07, 6.45) is 0.347. The van der Waals surface area contributed by atoms with Gasteiger partial charge in [-0.2, -0.15) is 5.10 Å². The van der Waals surface area contributed by atoms with Gasteiger partial charge in [-0.05, 0) is 23.8 Å². The van der Waals surface area contributed by atoms with E-state index in [9.17, 15) is 9.59 Å². The van der Waals surface area contributed by atoms with E-state index in [0.717, 1.165) is 16.8 Å². The quantitative estimate of drug-likeness (QED) is 0.740. The number of nitrogens with one attached hydrogen (secondary N) is 2. The molecule has 0 atom stereocenters. The summed E-state index contributed by atoms with van der Waals surface area (Å²) < 4.78 is 0. The highest BCUT2D eigenvalue weighted by atomic mass is 16.4. The first-order valence-electron chi connectivity index (χ1n) is 5.35. The number of nitrogens with zero attached hydrogens (tertiary/aromatic N) is 1. The van der Waals surface area contributed by atoms with Crippen molar-refractivity contribution in [2.45, 2.75) is 6.42 Å². The van der Waals surface area contributed by atoms with Crippen molar-refractivity contribution in [2.24, 2.45) is 0 Å². The number of fused-ring (bicyclic) bond motifs is 1. The number of carboxylic acid groups (broad SMARTS) is 1. The van der Waals surface area contributed by atoms with Gasteiger partial charge in [-0.3, -0.25) is 9.89 Å². The second-order valence-electron chi connectivity index (χ2n) is 4.07. The minimum atomic E-state index is -1.05. The predicted octanol–water partition coefficient (Wildman–Crippen LogP) is 1.27. The molecule has 1 amide bonds. The summed E-state index contributed by atoms with van der Waals surface area (Å²) >= 11 is 0. The highest BCUT2D eigenvalue weighted by molar-refractivity contribution is 5.99. The number of carbonyl (C=O) groups is 2. The molecule has 0 aliphatic carbocycles. The Labute approximate surface area is 102 Å². The Kier molecular flexibility index (Phi) is 2.16. The molecule has 1 aliphatic heterocycles. The molecule has 2 heterocycles. The summed E-state index contributed by atoms with van der Waals surface area (Å²) in [6.45, 7) is 0. The van der Waals surface area contributed by atoms with E-state index >= 15 is 0 Å². The lowest BCUT2D eigenvalue weighted by atomic mass is 10.1. The topological polar surface area (TPSA) is 95.1 Å². The van der Waals surface area contributed by atoms with Gasteiger partial charge in [0.05, 0.1) is 12.1 Å². The zero-order valence-electron chi connectivity index (χ0n) is 9.23. The molecule has 6 nitrogen and oxygen atoms in total. The van der Waals surface area contributed by atoms with Crippen LogP contribution in [0.4, 0.5) is 5.69 Å². The molecule has 0 saturated heterocycles. The predicted molar refractivity (Wildman–Crippen MR) is 63.3 cm³/mol. The number of rotatable bonds is 2. The lowest BCUT2D eigenvalue weighted by molar-refractivity contribution is -0.115. The maximum Gasteiger partial charge on any atom is 0.353 e. The lowest BCUT2D eigenvalue weighted by Crippen LogP contribution is -2.03. The second-order valence-corrected chi connectivity index (χ2v) is 4.07. The van der Waals surface area contributed by atoms with Gasteiger partial charge in [-0.15, -0.1) is 0 Å². The van der Waals surface area contributed by atoms with Crippen molar-refractivity contribution in [1.82, 2.24) is 10.2 Å². The number of hydrogen-bond acceptors (Lipinski definition) is 3. The molecule has 3 rings (SSSR count). The fourth-order valence-corrected chi connectivity index (χ4v) is 1.97. The Bertz CT molecular complexity index is 660. The highest BCUT2D eigenvalue weighted by Gasteiger charge is 2.18. The van der Waals surface area contributed by atoms with Gasteiger partial charge in [0.2, 0.25) is 5.91 Å². The standard InChI is InChI=1S/C12H9N3O3/c16-11-4-7-3-6(1-2-8(7)13-11)9-5-10(12(17)18)15-14-9/h1-3,5H,4H2,(H,13,16)(H,14,15)(H,17,18). The molecular weight excluding hydrogens is 234 g/mol. The molecule has 1 aromatic carbocycles. The molecular formula is C12H9N3O3. The maximum atomic E-state index is 11.2. The van der Waals surface area contributed by atoms with Crippen LogP contribution in [0.2, 0.25) is 0 Å². The third kappa shape index (κ3) is 1.64. The molecule has 90 valence electrons. The third-order valence-corrected chi connectivity index (χ3v) is 2.83. The van der Waals surface area contributed by atoms with E-state index in [-0.39, 0.29) is 11.6 Å². The molecule has 18 heavy (non-hydrogen) atoms. The molecule has 0 spiro atoms. The summed E-state index contributed by atoms with van der Waals surface area (Å²) in [5.41, 5.74) is 3.08. The monoisotopic (exact) mass is 243 g/mol. The maximum absolute atomic E-state index is 11.2. The summed E-state index contributed by atoms with van der Waals surface area (Å²) in [5.74, 6) is -1.08. The molecule has 6 heteroatoms. The number of carbonyl (C=O) groups excluding carboxylic acids is 1. The zero-order valence-corrected chi connectivity index (χ0v) is 9.23. The van der Waals surface area contributed by atoms with Crippen LogP contribution in [0, 0.1) is 0 Å².